The third kappa shape index (κ3) is 5.73. The zero-order valence-electron chi connectivity index (χ0n) is 21.1. The van der Waals surface area contributed by atoms with Gasteiger partial charge in [0, 0.05) is 12.2 Å². The summed E-state index contributed by atoms with van der Waals surface area (Å²) in [6.45, 7) is 3.76. The van der Waals surface area contributed by atoms with Gasteiger partial charge < -0.3 is 21.9 Å². The first-order chi connectivity index (χ1) is 18.6. The number of benzene rings is 3. The maximum Gasteiger partial charge on any atom is 0.273 e. The number of primary amides is 1. The molecule has 0 aliphatic carbocycles. The third-order valence-electron chi connectivity index (χ3n) is 6.31. The minimum Gasteiger partial charge on any atom is -0.508 e. The van der Waals surface area contributed by atoms with Crippen LogP contribution in [0.4, 0.5) is 15.8 Å². The van der Waals surface area contributed by atoms with Crippen LogP contribution in [-0.4, -0.2) is 27.2 Å². The molecule has 0 fully saturated rings. The summed E-state index contributed by atoms with van der Waals surface area (Å²) in [6.07, 6.45) is 0. The summed E-state index contributed by atoms with van der Waals surface area (Å²) in [6, 6.07) is 15.7. The summed E-state index contributed by atoms with van der Waals surface area (Å²) >= 11 is 0.710. The number of phenols is 1. The van der Waals surface area contributed by atoms with E-state index in [0.717, 1.165) is 11.1 Å². The smallest absolute Gasteiger partial charge is 0.273 e. The van der Waals surface area contributed by atoms with Gasteiger partial charge in [-0.2, -0.15) is 4.37 Å². The first-order valence-electron chi connectivity index (χ1n) is 11.8. The van der Waals surface area contributed by atoms with Crippen molar-refractivity contribution < 1.29 is 23.9 Å². The van der Waals surface area contributed by atoms with Gasteiger partial charge in [0.25, 0.3) is 11.8 Å². The summed E-state index contributed by atoms with van der Waals surface area (Å²) in [5.41, 5.74) is 14.2. The molecule has 0 unspecified atom stereocenters. The molecule has 4 aromatic rings. The second-order valence-electron chi connectivity index (χ2n) is 8.87. The minimum absolute atomic E-state index is 0.0216. The van der Waals surface area contributed by atoms with Crippen LogP contribution < -0.4 is 21.7 Å². The standard InChI is InChI=1S/C28H26FN5O4S/c1-15-4-3-5-21(16(15)2)34(28(38)25-22(30)23(26(31)36)33-39-25)24(18-8-12-20(35)13-9-18)27(37)32-14-17-6-10-19(29)11-7-17/h3-13,24,35H,14,30H2,1-2H3,(H2,31,36)(H,32,37)/t24-/m0/s1. The van der Waals surface area contributed by atoms with Crippen molar-refractivity contribution >= 4 is 40.6 Å². The molecular formula is C28H26FN5O4S. The van der Waals surface area contributed by atoms with Crippen LogP contribution in [0.3, 0.4) is 0 Å². The number of rotatable bonds is 8. The molecule has 0 saturated carbocycles. The second kappa shape index (κ2) is 11.3. The van der Waals surface area contributed by atoms with E-state index in [9.17, 15) is 23.9 Å². The predicted molar refractivity (Wildman–Crippen MR) is 147 cm³/mol. The molecule has 11 heteroatoms. The molecule has 200 valence electrons. The Kier molecular flexibility index (Phi) is 7.91. The molecule has 1 atom stereocenters. The van der Waals surface area contributed by atoms with E-state index in [-0.39, 0.29) is 28.6 Å². The van der Waals surface area contributed by atoms with Gasteiger partial charge in [-0.05, 0) is 78.0 Å². The molecule has 3 aromatic carbocycles. The number of anilines is 2. The van der Waals surface area contributed by atoms with E-state index in [4.69, 9.17) is 11.5 Å². The monoisotopic (exact) mass is 547 g/mol. The fourth-order valence-electron chi connectivity index (χ4n) is 4.06. The Bertz CT molecular complexity index is 1540. The molecule has 0 aliphatic heterocycles. The van der Waals surface area contributed by atoms with E-state index in [1.54, 1.807) is 24.3 Å². The molecule has 0 aliphatic rings. The molecule has 1 heterocycles. The highest BCUT2D eigenvalue weighted by Crippen LogP contribution is 2.36. The first kappa shape index (κ1) is 27.3. The van der Waals surface area contributed by atoms with Crippen LogP contribution in [0.1, 0.15) is 48.5 Å². The molecular weight excluding hydrogens is 521 g/mol. The largest absolute Gasteiger partial charge is 0.508 e. The normalized spacial score (nSPS) is 11.6. The molecule has 9 nitrogen and oxygen atoms in total. The van der Waals surface area contributed by atoms with Gasteiger partial charge in [-0.3, -0.25) is 19.3 Å². The van der Waals surface area contributed by atoms with Gasteiger partial charge in [-0.25, -0.2) is 4.39 Å². The maximum atomic E-state index is 14.2. The highest BCUT2D eigenvalue weighted by atomic mass is 32.1. The summed E-state index contributed by atoms with van der Waals surface area (Å²) in [5.74, 6) is -2.52. The van der Waals surface area contributed by atoms with Gasteiger partial charge in [0.15, 0.2) is 5.69 Å². The van der Waals surface area contributed by atoms with Gasteiger partial charge in [-0.15, -0.1) is 0 Å². The lowest BCUT2D eigenvalue weighted by atomic mass is 9.99. The summed E-state index contributed by atoms with van der Waals surface area (Å²) < 4.78 is 17.3. The van der Waals surface area contributed by atoms with Crippen molar-refractivity contribution in [3.05, 3.63) is 105 Å². The predicted octanol–water partition coefficient (Wildman–Crippen LogP) is 3.99. The van der Waals surface area contributed by atoms with Gasteiger partial charge in [0.05, 0.1) is 5.69 Å². The number of phenolic OH excluding ortho intramolecular Hbond substituents is 1. The first-order valence-corrected chi connectivity index (χ1v) is 12.6. The molecule has 39 heavy (non-hydrogen) atoms. The fourth-order valence-corrected chi connectivity index (χ4v) is 4.81. The van der Waals surface area contributed by atoms with Crippen LogP contribution in [0.15, 0.2) is 66.7 Å². The Hall–Kier alpha value is -4.77. The second-order valence-corrected chi connectivity index (χ2v) is 9.64. The lowest BCUT2D eigenvalue weighted by Gasteiger charge is -2.32. The van der Waals surface area contributed by atoms with Crippen molar-refractivity contribution in [2.45, 2.75) is 26.4 Å². The average molecular weight is 548 g/mol. The SMILES string of the molecule is Cc1cccc(N(C(=O)c2snc(C(N)=O)c2N)[C@H](C(=O)NCc2ccc(F)cc2)c2ccc(O)cc2)c1C. The number of carbonyl (C=O) groups excluding carboxylic acids is 3. The summed E-state index contributed by atoms with van der Waals surface area (Å²) in [7, 11) is 0. The van der Waals surface area contributed by atoms with Crippen molar-refractivity contribution in [2.75, 3.05) is 10.6 Å². The average Bonchev–Trinajstić information content (AvgIpc) is 3.30. The Morgan fingerprint density at radius 3 is 2.33 bits per heavy atom. The molecule has 0 saturated heterocycles. The number of aromatic nitrogens is 1. The number of nitrogen functional groups attached to an aromatic ring is 1. The number of nitrogens with one attached hydrogen (secondary N) is 1. The number of aromatic hydroxyl groups is 1. The number of aryl methyl sites for hydroxylation is 1. The van der Waals surface area contributed by atoms with E-state index in [1.165, 1.54) is 41.3 Å². The maximum absolute atomic E-state index is 14.2. The zero-order valence-corrected chi connectivity index (χ0v) is 22.0. The van der Waals surface area contributed by atoms with Gasteiger partial charge in [0.2, 0.25) is 5.91 Å². The Morgan fingerprint density at radius 1 is 1.05 bits per heavy atom. The lowest BCUT2D eigenvalue weighted by Crippen LogP contribution is -2.44. The van der Waals surface area contributed by atoms with Crippen molar-refractivity contribution in [1.29, 1.82) is 0 Å². The molecule has 0 spiro atoms. The molecule has 1 aromatic heterocycles. The van der Waals surface area contributed by atoms with Crippen LogP contribution in [0.25, 0.3) is 0 Å². The molecule has 6 N–H and O–H groups in total. The van der Waals surface area contributed by atoms with Crippen LogP contribution in [0.5, 0.6) is 5.75 Å². The summed E-state index contributed by atoms with van der Waals surface area (Å²) in [5, 5.41) is 12.7. The molecule has 3 amide bonds. The van der Waals surface area contributed by atoms with Crippen molar-refractivity contribution in [1.82, 2.24) is 9.69 Å². The number of nitrogens with zero attached hydrogens (tertiary/aromatic N) is 2. The van der Waals surface area contributed by atoms with Crippen LogP contribution in [0, 0.1) is 19.7 Å². The van der Waals surface area contributed by atoms with Gasteiger partial charge in [0.1, 0.15) is 22.5 Å². The minimum atomic E-state index is -1.22. The van der Waals surface area contributed by atoms with Crippen molar-refractivity contribution in [3.8, 4) is 5.75 Å². The van der Waals surface area contributed by atoms with E-state index >= 15 is 0 Å². The molecule has 4 rings (SSSR count). The number of carbonyl (C=O) groups is 3. The fraction of sp³-hybridized carbons (Fsp3) is 0.143. The highest BCUT2D eigenvalue weighted by Gasteiger charge is 2.36. The molecule has 0 radical (unpaired) electrons. The lowest BCUT2D eigenvalue weighted by molar-refractivity contribution is -0.122. The number of amides is 3. The number of nitrogens with two attached hydrogens (primary N) is 2. The molecule has 0 bridgehead atoms. The Balaban J connectivity index is 1.85. The van der Waals surface area contributed by atoms with Crippen LogP contribution in [-0.2, 0) is 11.3 Å². The third-order valence-corrected chi connectivity index (χ3v) is 7.16. The van der Waals surface area contributed by atoms with E-state index in [1.807, 2.05) is 19.9 Å². The number of hydrogen-bond donors (Lipinski definition) is 4. The van der Waals surface area contributed by atoms with Crippen molar-refractivity contribution in [3.63, 3.8) is 0 Å². The zero-order chi connectivity index (χ0) is 28.3. The number of halogens is 1. The quantitative estimate of drug-likeness (QED) is 0.262. The van der Waals surface area contributed by atoms with E-state index in [2.05, 4.69) is 9.69 Å². The van der Waals surface area contributed by atoms with E-state index in [0.29, 0.717) is 28.3 Å². The van der Waals surface area contributed by atoms with E-state index < -0.39 is 29.6 Å². The Labute approximate surface area is 228 Å². The Morgan fingerprint density at radius 2 is 1.72 bits per heavy atom. The van der Waals surface area contributed by atoms with Crippen LogP contribution >= 0.6 is 11.5 Å². The highest BCUT2D eigenvalue weighted by molar-refractivity contribution is 7.09. The van der Waals surface area contributed by atoms with Gasteiger partial charge in [-0.1, -0.05) is 36.4 Å². The number of hydrogen-bond acceptors (Lipinski definition) is 7. The summed E-state index contributed by atoms with van der Waals surface area (Å²) in [4.78, 5) is 41.0. The van der Waals surface area contributed by atoms with Crippen LogP contribution in [0.2, 0.25) is 0 Å². The van der Waals surface area contributed by atoms with Crippen molar-refractivity contribution in [2.24, 2.45) is 5.73 Å². The topological polar surface area (TPSA) is 152 Å². The van der Waals surface area contributed by atoms with Gasteiger partial charge >= 0.3 is 0 Å².